The average Bonchev–Trinajstić information content (AvgIpc) is 3.68. The molecule has 51 heavy (non-hydrogen) atoms. The minimum Gasteiger partial charge on any atom is -0.377 e. The second kappa shape index (κ2) is 21.0. The van der Waals surface area contributed by atoms with Crippen LogP contribution in [-0.2, 0) is 62.5 Å². The van der Waals surface area contributed by atoms with Crippen molar-refractivity contribution in [1.29, 1.82) is 0 Å². The van der Waals surface area contributed by atoms with Gasteiger partial charge < -0.3 is 35.0 Å². The first-order valence-electron chi connectivity index (χ1n) is 17.5. The highest BCUT2D eigenvalue weighted by atomic mass is 16.5. The summed E-state index contributed by atoms with van der Waals surface area (Å²) in [7, 11) is 0. The van der Waals surface area contributed by atoms with Gasteiger partial charge in [0.25, 0.3) is 0 Å². The molecule has 2 aliphatic rings. The van der Waals surface area contributed by atoms with Crippen molar-refractivity contribution in [1.82, 2.24) is 35.8 Å². The molecule has 2 fully saturated rings. The molecule has 0 spiro atoms. The van der Waals surface area contributed by atoms with Gasteiger partial charge in [0.1, 0.15) is 25.2 Å². The number of nitrogens with zero attached hydrogens (tertiary/aromatic N) is 4. The summed E-state index contributed by atoms with van der Waals surface area (Å²) in [5.41, 5.74) is 1.56. The van der Waals surface area contributed by atoms with Crippen molar-refractivity contribution in [2.75, 3.05) is 52.7 Å². The van der Waals surface area contributed by atoms with Gasteiger partial charge in [0.2, 0.25) is 29.5 Å². The van der Waals surface area contributed by atoms with Gasteiger partial charge in [-0.3, -0.25) is 28.9 Å². The first-order chi connectivity index (χ1) is 24.7. The van der Waals surface area contributed by atoms with E-state index < -0.39 is 17.9 Å². The molecule has 278 valence electrons. The molecule has 2 heterocycles. The van der Waals surface area contributed by atoms with Crippen LogP contribution in [0.15, 0.2) is 36.5 Å². The third-order valence-electron chi connectivity index (χ3n) is 8.84. The van der Waals surface area contributed by atoms with E-state index in [-0.39, 0.29) is 68.4 Å². The van der Waals surface area contributed by atoms with Gasteiger partial charge >= 0.3 is 0 Å². The summed E-state index contributed by atoms with van der Waals surface area (Å²) in [6, 6.07) is 8.64. The normalized spacial score (nSPS) is 19.5. The van der Waals surface area contributed by atoms with Gasteiger partial charge in [0.05, 0.1) is 51.8 Å². The molecule has 16 heteroatoms. The molecule has 0 radical (unpaired) electrons. The zero-order valence-corrected chi connectivity index (χ0v) is 29.1. The highest BCUT2D eigenvalue weighted by molar-refractivity contribution is 6.03. The molecule has 1 unspecified atom stereocenters. The Morgan fingerprint density at radius 3 is 2.37 bits per heavy atom. The highest BCUT2D eigenvalue weighted by Crippen LogP contribution is 2.31. The van der Waals surface area contributed by atoms with Crippen molar-refractivity contribution in [3.63, 3.8) is 0 Å². The van der Waals surface area contributed by atoms with Crippen molar-refractivity contribution in [3.8, 4) is 0 Å². The Balaban J connectivity index is 0.952. The fourth-order valence-corrected chi connectivity index (χ4v) is 6.04. The van der Waals surface area contributed by atoms with E-state index in [0.717, 1.165) is 31.2 Å². The maximum absolute atomic E-state index is 12.7. The fraction of sp³-hybridized carbons (Fsp3) is 0.600. The minimum absolute atomic E-state index is 0.0226. The van der Waals surface area contributed by atoms with Gasteiger partial charge in [0.15, 0.2) is 0 Å². The summed E-state index contributed by atoms with van der Waals surface area (Å²) >= 11 is 0. The largest absolute Gasteiger partial charge is 0.377 e. The predicted octanol–water partition coefficient (Wildman–Crippen LogP) is 0.188. The van der Waals surface area contributed by atoms with E-state index in [0.29, 0.717) is 57.7 Å². The Bertz CT molecular complexity index is 1450. The van der Waals surface area contributed by atoms with E-state index in [1.807, 2.05) is 30.3 Å². The lowest BCUT2D eigenvalue weighted by Gasteiger charge is -2.30. The topological polar surface area (TPSA) is 200 Å². The zero-order chi connectivity index (χ0) is 36.4. The third kappa shape index (κ3) is 13.6. The molecule has 1 aromatic carbocycles. The number of nitrogens with one attached hydrogen (secondary N) is 3. The smallest absolute Gasteiger partial charge is 0.246 e. The maximum Gasteiger partial charge on any atom is 0.246 e. The Morgan fingerprint density at radius 1 is 0.941 bits per heavy atom. The number of amides is 5. The van der Waals surface area contributed by atoms with Crippen molar-refractivity contribution in [2.24, 2.45) is 17.8 Å². The molecular formula is C35H49N7O9. The monoisotopic (exact) mass is 711 g/mol. The van der Waals surface area contributed by atoms with Crippen LogP contribution in [0.3, 0.4) is 0 Å². The lowest BCUT2D eigenvalue weighted by Crippen LogP contribution is -2.40. The molecule has 3 N–H and O–H groups in total. The van der Waals surface area contributed by atoms with Crippen molar-refractivity contribution in [2.45, 2.75) is 64.6 Å². The summed E-state index contributed by atoms with van der Waals surface area (Å²) in [4.78, 5) is 73.7. The Labute approximate surface area is 297 Å². The lowest BCUT2D eigenvalue weighted by atomic mass is 9.81. The number of likely N-dealkylation sites (tertiary alicyclic amines) is 1. The second-order valence-electron chi connectivity index (χ2n) is 12.9. The summed E-state index contributed by atoms with van der Waals surface area (Å²) < 4.78 is 17.8. The van der Waals surface area contributed by atoms with E-state index in [9.17, 15) is 28.8 Å². The predicted molar refractivity (Wildman–Crippen MR) is 181 cm³/mol. The first kappa shape index (κ1) is 39.2. The quantitative estimate of drug-likeness (QED) is 0.0856. The number of carbonyl (C=O) groups excluding carboxylic acids is 6. The number of hydrogen-bond donors (Lipinski definition) is 3. The van der Waals surface area contributed by atoms with Crippen LogP contribution in [0.1, 0.15) is 50.3 Å². The van der Waals surface area contributed by atoms with Crippen molar-refractivity contribution < 1.29 is 43.0 Å². The van der Waals surface area contributed by atoms with Crippen molar-refractivity contribution >= 4 is 35.8 Å². The van der Waals surface area contributed by atoms with Gasteiger partial charge in [-0.2, -0.15) is 0 Å². The van der Waals surface area contributed by atoms with Gasteiger partial charge in [-0.05, 0) is 43.6 Å². The van der Waals surface area contributed by atoms with Gasteiger partial charge in [-0.1, -0.05) is 42.5 Å². The first-order valence-corrected chi connectivity index (χ1v) is 17.5. The molecule has 4 rings (SSSR count). The van der Waals surface area contributed by atoms with Crippen LogP contribution in [0.5, 0.6) is 0 Å². The molecule has 0 bridgehead atoms. The van der Waals surface area contributed by atoms with Crippen LogP contribution in [-0.4, -0.2) is 114 Å². The molecule has 1 aliphatic carbocycles. The number of carbonyl (C=O) groups is 6. The van der Waals surface area contributed by atoms with E-state index >= 15 is 0 Å². The van der Waals surface area contributed by atoms with Crippen LogP contribution in [0.2, 0.25) is 0 Å². The summed E-state index contributed by atoms with van der Waals surface area (Å²) in [6.07, 6.45) is 6.16. The number of benzene rings is 1. The highest BCUT2D eigenvalue weighted by Gasteiger charge is 2.37. The molecule has 1 aliphatic heterocycles. The van der Waals surface area contributed by atoms with Crippen LogP contribution in [0, 0.1) is 17.8 Å². The SMILES string of the molecule is CC1CC(=O)N(CC2CCC(C(=O)NCc3cn(CCOCCOCCNC(=O)COCC(=O)N[C@@H](C=O)Cc4ccccc4)nn3)CC2)C1=O. The molecule has 1 saturated carbocycles. The van der Waals surface area contributed by atoms with E-state index in [1.54, 1.807) is 17.8 Å². The second-order valence-corrected chi connectivity index (χ2v) is 12.9. The Hall–Kier alpha value is -4.54. The third-order valence-corrected chi connectivity index (χ3v) is 8.84. The number of imide groups is 1. The van der Waals surface area contributed by atoms with E-state index in [4.69, 9.17) is 14.2 Å². The van der Waals surface area contributed by atoms with Gasteiger partial charge in [-0.15, -0.1) is 5.10 Å². The number of rotatable bonds is 22. The average molecular weight is 712 g/mol. The van der Waals surface area contributed by atoms with Crippen LogP contribution in [0.25, 0.3) is 0 Å². The summed E-state index contributed by atoms with van der Waals surface area (Å²) in [5.74, 6) is -1.16. The van der Waals surface area contributed by atoms with Crippen molar-refractivity contribution in [3.05, 3.63) is 47.8 Å². The van der Waals surface area contributed by atoms with Crippen LogP contribution >= 0.6 is 0 Å². The zero-order valence-electron chi connectivity index (χ0n) is 29.1. The molecule has 1 aromatic heterocycles. The molecule has 2 atom stereocenters. The Morgan fingerprint density at radius 2 is 1.67 bits per heavy atom. The number of aldehydes is 1. The maximum atomic E-state index is 12.7. The number of ether oxygens (including phenoxy) is 3. The summed E-state index contributed by atoms with van der Waals surface area (Å²) in [5, 5.41) is 16.4. The molecular weight excluding hydrogens is 662 g/mol. The molecule has 1 saturated heterocycles. The summed E-state index contributed by atoms with van der Waals surface area (Å²) in [6.45, 7) is 3.96. The van der Waals surface area contributed by atoms with Crippen LogP contribution in [0.4, 0.5) is 0 Å². The van der Waals surface area contributed by atoms with E-state index in [1.165, 1.54) is 4.90 Å². The fourth-order valence-electron chi connectivity index (χ4n) is 6.04. The van der Waals surface area contributed by atoms with E-state index in [2.05, 4.69) is 26.3 Å². The lowest BCUT2D eigenvalue weighted by molar-refractivity contribution is -0.140. The minimum atomic E-state index is -0.677. The molecule has 2 aromatic rings. The molecule has 16 nitrogen and oxygen atoms in total. The Kier molecular flexibility index (Phi) is 16.1. The van der Waals surface area contributed by atoms with Gasteiger partial charge in [-0.25, -0.2) is 4.68 Å². The number of aromatic nitrogens is 3. The molecule has 5 amide bonds. The van der Waals surface area contributed by atoms with Crippen LogP contribution < -0.4 is 16.0 Å². The standard InChI is InChI=1S/C35H49N7O9/c1-25-17-33(46)42(35(25)48)20-27-7-9-28(10-8-27)34(47)37-19-30-21-41(40-39-30)12-14-50-16-15-49-13-11-36-31(44)23-51-24-32(45)38-29(22-43)18-26-5-3-2-4-6-26/h2-6,21-22,25,27-29H,7-20,23-24H2,1H3,(H,36,44)(H,37,47)(H,38,45)/t25?,27?,28?,29-/m1/s1. The number of hydrogen-bond acceptors (Lipinski definition) is 11. The van der Waals surface area contributed by atoms with Gasteiger partial charge in [0, 0.05) is 31.3 Å².